The minimum atomic E-state index is 0.461. The fourth-order valence-corrected chi connectivity index (χ4v) is 4.04. The predicted molar refractivity (Wildman–Crippen MR) is 110 cm³/mol. The number of guanidine groups is 1. The molecule has 0 amide bonds. The maximum Gasteiger partial charge on any atom is 0.443 e. The molecule has 1 aromatic carbocycles. The lowest BCUT2D eigenvalue weighted by Crippen LogP contribution is -2.38. The third-order valence-electron chi connectivity index (χ3n) is 5.02. The maximum atomic E-state index is 5.11. The number of anilines is 2. The lowest BCUT2D eigenvalue weighted by molar-refractivity contribution is 0.553. The van der Waals surface area contributed by atoms with Crippen LogP contribution in [0.15, 0.2) is 0 Å². The van der Waals surface area contributed by atoms with Crippen molar-refractivity contribution < 1.29 is 0 Å². The van der Waals surface area contributed by atoms with Crippen LogP contribution in [-0.2, 0) is 0 Å². The van der Waals surface area contributed by atoms with Crippen LogP contribution in [0.25, 0.3) is 0 Å². The molecule has 0 atom stereocenters. The van der Waals surface area contributed by atoms with E-state index in [1.54, 1.807) is 0 Å². The molecule has 5 nitrogen and oxygen atoms in total. The van der Waals surface area contributed by atoms with Crippen molar-refractivity contribution in [2.75, 3.05) is 37.0 Å². The van der Waals surface area contributed by atoms with Crippen molar-refractivity contribution in [3.8, 4) is 0 Å². The first kappa shape index (κ1) is 19.7. The normalized spacial score (nSPS) is 15.5. The summed E-state index contributed by atoms with van der Waals surface area (Å²) in [6, 6.07) is 1.84. The van der Waals surface area contributed by atoms with Crippen LogP contribution >= 0.6 is 0 Å². The van der Waals surface area contributed by atoms with Crippen LogP contribution in [0.5, 0.6) is 0 Å². The molecule has 2 rings (SSSR count). The van der Waals surface area contributed by atoms with Gasteiger partial charge < -0.3 is 9.80 Å². The quantitative estimate of drug-likeness (QED) is 0.735. The highest BCUT2D eigenvalue weighted by Gasteiger charge is 2.39. The summed E-state index contributed by atoms with van der Waals surface area (Å²) in [6.45, 7) is 20.3. The molecule has 1 aliphatic heterocycles. The van der Waals surface area contributed by atoms with Gasteiger partial charge >= 0.3 is 5.96 Å². The molecule has 0 aliphatic carbocycles. The maximum absolute atomic E-state index is 5.11. The van der Waals surface area contributed by atoms with Crippen molar-refractivity contribution in [1.82, 2.24) is 14.5 Å². The molecule has 1 aromatic rings. The van der Waals surface area contributed by atoms with Gasteiger partial charge in [0.05, 0.1) is 27.2 Å². The molecule has 0 spiro atoms. The first-order valence-corrected chi connectivity index (χ1v) is 9.77. The Kier molecular flexibility index (Phi) is 5.78. The van der Waals surface area contributed by atoms with Gasteiger partial charge in [0, 0.05) is 24.2 Å². The number of hydrogen-bond donors (Lipinski definition) is 0. The van der Waals surface area contributed by atoms with Gasteiger partial charge in [-0.3, -0.25) is 9.80 Å². The van der Waals surface area contributed by atoms with Gasteiger partial charge in [0.15, 0.2) is 0 Å². The van der Waals surface area contributed by atoms with Gasteiger partial charge in [0.1, 0.15) is 11.4 Å². The molecule has 1 fully saturated rings. The van der Waals surface area contributed by atoms with E-state index >= 15 is 0 Å². The molecule has 1 heterocycles. The van der Waals surface area contributed by atoms with E-state index in [1.807, 2.05) is 0 Å². The monoisotopic (exact) mass is 348 g/mol. The Hall–Kier alpha value is -1.61. The van der Waals surface area contributed by atoms with Crippen LogP contribution in [0.1, 0.15) is 55.4 Å². The number of rotatable bonds is 6. The first-order valence-electron chi connectivity index (χ1n) is 9.77. The van der Waals surface area contributed by atoms with E-state index in [0.29, 0.717) is 24.2 Å². The lowest BCUT2D eigenvalue weighted by atomic mass is 10.2. The van der Waals surface area contributed by atoms with Crippen molar-refractivity contribution >= 4 is 17.3 Å². The third kappa shape index (κ3) is 3.82. The zero-order chi connectivity index (χ0) is 19.0. The van der Waals surface area contributed by atoms with Gasteiger partial charge in [0.25, 0.3) is 0 Å². The van der Waals surface area contributed by atoms with Gasteiger partial charge in [-0.05, 0) is 55.4 Å². The van der Waals surface area contributed by atoms with Gasteiger partial charge in [-0.25, -0.2) is 4.67 Å². The summed E-state index contributed by atoms with van der Waals surface area (Å²) in [4.78, 5) is 9.54. The predicted octanol–water partition coefficient (Wildman–Crippen LogP) is 2.01. The van der Waals surface area contributed by atoms with Crippen molar-refractivity contribution in [1.29, 1.82) is 0 Å². The summed E-state index contributed by atoms with van der Waals surface area (Å²) in [5, 5.41) is 1.18. The highest BCUT2D eigenvalue weighted by Crippen LogP contribution is 2.36. The van der Waals surface area contributed by atoms with Crippen molar-refractivity contribution in [2.45, 2.75) is 79.6 Å². The smallest absolute Gasteiger partial charge is 0.361 e. The second-order valence-electron chi connectivity index (χ2n) is 8.49. The molecule has 142 valence electrons. The highest BCUT2D eigenvalue weighted by molar-refractivity contribution is 5.88. The molecule has 1 aliphatic rings. The van der Waals surface area contributed by atoms with Crippen molar-refractivity contribution in [2.24, 2.45) is 0 Å². The SMILES string of the molecule is CC(C)N(c1c(N(C(C)C)C(C)C)c1=[N+]=C1N(C)CCN1C)C(C)C. The molecule has 1 saturated heterocycles. The lowest BCUT2D eigenvalue weighted by Gasteiger charge is -2.33. The minimum absolute atomic E-state index is 0.461. The standard InChI is InChI=1S/C20H38N5/c1-13(2)24(14(3)4)18-17(19(18)25(15(5)6)16(7)8)21-20-22(9)11-12-23(20)10/h13-16H,11-12H2,1-10H3/q+1. The minimum Gasteiger partial charge on any atom is -0.361 e. The Labute approximate surface area is 154 Å². The van der Waals surface area contributed by atoms with E-state index < -0.39 is 0 Å². The summed E-state index contributed by atoms with van der Waals surface area (Å²) in [5.74, 6) is 1.09. The topological polar surface area (TPSA) is 27.1 Å². The molecule has 0 N–H and O–H groups in total. The number of nitrogens with zero attached hydrogens (tertiary/aromatic N) is 5. The van der Waals surface area contributed by atoms with Gasteiger partial charge in [-0.1, -0.05) is 0 Å². The van der Waals surface area contributed by atoms with Crippen LogP contribution < -0.4 is 19.8 Å². The Bertz CT molecular complexity index is 579. The second kappa shape index (κ2) is 7.33. The zero-order valence-electron chi connectivity index (χ0n) is 18.0. The molecule has 0 aromatic heterocycles. The Morgan fingerprint density at radius 3 is 1.28 bits per heavy atom. The van der Waals surface area contributed by atoms with E-state index in [1.165, 1.54) is 16.7 Å². The molecule has 0 unspecified atom stereocenters. The van der Waals surface area contributed by atoms with Crippen LogP contribution in [0.3, 0.4) is 0 Å². The van der Waals surface area contributed by atoms with Gasteiger partial charge in [-0.2, -0.15) is 0 Å². The first-order chi connectivity index (χ1) is 11.6. The zero-order valence-corrected chi connectivity index (χ0v) is 18.0. The Morgan fingerprint density at radius 1 is 0.680 bits per heavy atom. The van der Waals surface area contributed by atoms with E-state index in [0.717, 1.165) is 19.0 Å². The van der Waals surface area contributed by atoms with Crippen molar-refractivity contribution in [3.05, 3.63) is 5.36 Å². The molecule has 0 radical (unpaired) electrons. The summed E-state index contributed by atoms with van der Waals surface area (Å²) in [5.41, 5.74) is 2.68. The average Bonchev–Trinajstić information content (AvgIpc) is 3.02. The summed E-state index contributed by atoms with van der Waals surface area (Å²) in [6.07, 6.45) is 0. The van der Waals surface area contributed by atoms with Crippen LogP contribution in [0.2, 0.25) is 0 Å². The van der Waals surface area contributed by atoms with Gasteiger partial charge in [0.2, 0.25) is 5.36 Å². The molecule has 0 saturated carbocycles. The fraction of sp³-hybridized carbons (Fsp3) is 0.800. The van der Waals surface area contributed by atoms with Gasteiger partial charge in [-0.15, -0.1) is 0 Å². The fourth-order valence-electron chi connectivity index (χ4n) is 4.04. The molecule has 25 heavy (non-hydrogen) atoms. The highest BCUT2D eigenvalue weighted by atomic mass is 15.4. The van der Waals surface area contributed by atoms with E-state index in [2.05, 4.69) is 89.1 Å². The third-order valence-corrected chi connectivity index (χ3v) is 5.02. The van der Waals surface area contributed by atoms with Crippen LogP contribution in [0, 0.1) is 0 Å². The van der Waals surface area contributed by atoms with E-state index in [4.69, 9.17) is 4.67 Å². The number of hydrogen-bond acceptors (Lipinski definition) is 2. The molecular weight excluding hydrogens is 310 g/mol. The molecule has 0 bridgehead atoms. The van der Waals surface area contributed by atoms with E-state index in [9.17, 15) is 0 Å². The summed E-state index contributed by atoms with van der Waals surface area (Å²) >= 11 is 0. The summed E-state index contributed by atoms with van der Waals surface area (Å²) < 4.78 is 5.11. The van der Waals surface area contributed by atoms with Crippen LogP contribution in [0.4, 0.5) is 11.4 Å². The second-order valence-corrected chi connectivity index (χ2v) is 8.49. The summed E-state index contributed by atoms with van der Waals surface area (Å²) in [7, 11) is 4.27. The molecule has 5 heteroatoms. The average molecular weight is 349 g/mol. The van der Waals surface area contributed by atoms with E-state index in [-0.39, 0.29) is 0 Å². The molecular formula is C20H38N5+. The van der Waals surface area contributed by atoms with Crippen LogP contribution in [-0.4, -0.2) is 67.1 Å². The Morgan fingerprint density at radius 2 is 1.00 bits per heavy atom. The number of likely N-dealkylation sites (N-methyl/N-ethyl adjacent to an activating group) is 2. The largest absolute Gasteiger partial charge is 0.443 e. The van der Waals surface area contributed by atoms with Crippen molar-refractivity contribution in [3.63, 3.8) is 0 Å². The Balaban J connectivity index is 2.66.